The molecule has 0 aliphatic carbocycles. The Morgan fingerprint density at radius 2 is 1.87 bits per heavy atom. The summed E-state index contributed by atoms with van der Waals surface area (Å²) in [5.41, 5.74) is 3.20. The van der Waals surface area contributed by atoms with Gasteiger partial charge in [-0.15, -0.1) is 0 Å². The van der Waals surface area contributed by atoms with Crippen LogP contribution in [0, 0.1) is 5.92 Å². The van der Waals surface area contributed by atoms with Crippen LogP contribution in [-0.2, 0) is 4.74 Å². The molecular formula is C29H36BrN5O4. The molecule has 10 heteroatoms. The minimum atomic E-state index is -0.501. The van der Waals surface area contributed by atoms with Crippen LogP contribution in [0.1, 0.15) is 27.2 Å². The topological polar surface area (TPSA) is 91.3 Å². The molecule has 2 saturated heterocycles. The summed E-state index contributed by atoms with van der Waals surface area (Å²) in [6.45, 7) is 10.1. The number of hydrogen-bond acceptors (Lipinski definition) is 8. The van der Waals surface area contributed by atoms with Crippen molar-refractivity contribution < 1.29 is 19.4 Å². The molecule has 1 N–H and O–H groups in total. The van der Waals surface area contributed by atoms with Crippen molar-refractivity contribution in [2.75, 3.05) is 62.8 Å². The fraction of sp³-hybridized carbons (Fsp3) is 0.483. The Morgan fingerprint density at radius 1 is 1.10 bits per heavy atom. The second kappa shape index (κ2) is 11.2. The van der Waals surface area contributed by atoms with Gasteiger partial charge in [-0.05, 0) is 67.4 Å². The van der Waals surface area contributed by atoms with Crippen LogP contribution < -0.4 is 14.5 Å². The number of pyridine rings is 2. The number of benzene rings is 1. The van der Waals surface area contributed by atoms with Crippen molar-refractivity contribution in [3.8, 4) is 17.0 Å². The van der Waals surface area contributed by atoms with Crippen molar-refractivity contribution in [2.45, 2.75) is 32.8 Å². The lowest BCUT2D eigenvalue weighted by atomic mass is 10.1. The first-order valence-corrected chi connectivity index (χ1v) is 14.2. The first kappa shape index (κ1) is 27.5. The number of hydrogen-bond donors (Lipinski definition) is 1. The van der Waals surface area contributed by atoms with Gasteiger partial charge in [-0.25, -0.2) is 14.8 Å². The second-order valence-corrected chi connectivity index (χ2v) is 12.0. The van der Waals surface area contributed by atoms with E-state index >= 15 is 0 Å². The summed E-state index contributed by atoms with van der Waals surface area (Å²) >= 11 is 3.62. The molecule has 0 spiro atoms. The Bertz CT molecular complexity index is 1340. The van der Waals surface area contributed by atoms with Crippen molar-refractivity contribution in [2.24, 2.45) is 5.92 Å². The number of ether oxygens (including phenoxy) is 2. The first-order chi connectivity index (χ1) is 18.6. The summed E-state index contributed by atoms with van der Waals surface area (Å²) < 4.78 is 11.9. The van der Waals surface area contributed by atoms with E-state index in [1.54, 1.807) is 12.0 Å². The highest BCUT2D eigenvalue weighted by Gasteiger charge is 2.27. The highest BCUT2D eigenvalue weighted by molar-refractivity contribution is 9.10. The first-order valence-electron chi connectivity index (χ1n) is 13.4. The molecule has 1 atom stereocenters. The smallest absolute Gasteiger partial charge is 0.410 e. The molecule has 1 amide bonds. The number of aliphatic hydroxyl groups is 1. The van der Waals surface area contributed by atoms with Crippen molar-refractivity contribution >= 4 is 44.4 Å². The highest BCUT2D eigenvalue weighted by Crippen LogP contribution is 2.38. The molecule has 39 heavy (non-hydrogen) atoms. The lowest BCUT2D eigenvalue weighted by Crippen LogP contribution is -2.50. The number of rotatable bonds is 5. The predicted octanol–water partition coefficient (Wildman–Crippen LogP) is 4.94. The van der Waals surface area contributed by atoms with E-state index in [9.17, 15) is 9.90 Å². The number of aromatic nitrogens is 2. The summed E-state index contributed by atoms with van der Waals surface area (Å²) in [7, 11) is 1.65. The second-order valence-electron chi connectivity index (χ2n) is 11.2. The van der Waals surface area contributed by atoms with E-state index in [2.05, 4.69) is 43.9 Å². The maximum absolute atomic E-state index is 12.4. The van der Waals surface area contributed by atoms with Crippen LogP contribution in [0.15, 0.2) is 41.0 Å². The lowest BCUT2D eigenvalue weighted by Gasteiger charge is -2.36. The molecule has 2 aliphatic heterocycles. The number of aliphatic hydroxyl groups excluding tert-OH is 1. The number of carbonyl (C=O) groups excluding carboxylic acids is 1. The van der Waals surface area contributed by atoms with Crippen LogP contribution in [0.5, 0.6) is 5.75 Å². The van der Waals surface area contributed by atoms with Gasteiger partial charge in [-0.2, -0.15) is 0 Å². The van der Waals surface area contributed by atoms with Crippen LogP contribution in [0.3, 0.4) is 0 Å². The molecule has 0 radical (unpaired) electrons. The lowest BCUT2D eigenvalue weighted by molar-refractivity contribution is 0.0240. The van der Waals surface area contributed by atoms with E-state index in [1.165, 1.54) is 0 Å². The zero-order valence-corrected chi connectivity index (χ0v) is 24.6. The molecule has 4 heterocycles. The largest absolute Gasteiger partial charge is 0.495 e. The third-order valence-corrected chi connectivity index (χ3v) is 7.86. The molecule has 9 nitrogen and oxygen atoms in total. The molecule has 2 fully saturated rings. The van der Waals surface area contributed by atoms with Gasteiger partial charge in [0.15, 0.2) is 0 Å². The molecule has 1 aromatic carbocycles. The van der Waals surface area contributed by atoms with Gasteiger partial charge in [0.2, 0.25) is 0 Å². The quantitative estimate of drug-likeness (QED) is 0.442. The Labute approximate surface area is 237 Å². The molecule has 2 aliphatic rings. The van der Waals surface area contributed by atoms with E-state index in [4.69, 9.17) is 19.4 Å². The van der Waals surface area contributed by atoms with Gasteiger partial charge in [-0.1, -0.05) is 0 Å². The van der Waals surface area contributed by atoms with E-state index in [0.29, 0.717) is 26.2 Å². The Kier molecular flexibility index (Phi) is 7.87. The van der Waals surface area contributed by atoms with Gasteiger partial charge in [0.05, 0.1) is 22.8 Å². The zero-order valence-electron chi connectivity index (χ0n) is 23.0. The monoisotopic (exact) mass is 597 g/mol. The highest BCUT2D eigenvalue weighted by atomic mass is 79.9. The number of carbonyl (C=O) groups is 1. The average Bonchev–Trinajstić information content (AvgIpc) is 3.41. The molecule has 5 rings (SSSR count). The van der Waals surface area contributed by atoms with Crippen LogP contribution in [-0.4, -0.2) is 84.7 Å². The van der Waals surface area contributed by atoms with Gasteiger partial charge in [-0.3, -0.25) is 0 Å². The number of piperazine rings is 1. The molecule has 0 saturated carbocycles. The number of nitrogens with zero attached hydrogens (tertiary/aromatic N) is 5. The number of fused-ring (bicyclic) bond motifs is 1. The fourth-order valence-electron chi connectivity index (χ4n) is 5.15. The van der Waals surface area contributed by atoms with E-state index in [0.717, 1.165) is 63.4 Å². The van der Waals surface area contributed by atoms with E-state index in [1.807, 2.05) is 39.1 Å². The van der Waals surface area contributed by atoms with E-state index < -0.39 is 5.60 Å². The number of amides is 1. The van der Waals surface area contributed by atoms with Crippen LogP contribution >= 0.6 is 15.9 Å². The van der Waals surface area contributed by atoms with Crippen molar-refractivity contribution in [1.29, 1.82) is 0 Å². The minimum absolute atomic E-state index is 0.196. The number of anilines is 2. The Hall–Kier alpha value is -3.11. The van der Waals surface area contributed by atoms with Crippen LogP contribution in [0.2, 0.25) is 0 Å². The average molecular weight is 599 g/mol. The Morgan fingerprint density at radius 3 is 2.49 bits per heavy atom. The van der Waals surface area contributed by atoms with Gasteiger partial charge in [0.1, 0.15) is 17.2 Å². The van der Waals surface area contributed by atoms with Gasteiger partial charge >= 0.3 is 6.09 Å². The maximum Gasteiger partial charge on any atom is 0.410 e. The molecule has 3 aromatic rings. The van der Waals surface area contributed by atoms with Gasteiger partial charge in [0, 0.05) is 80.7 Å². The fourth-order valence-corrected chi connectivity index (χ4v) is 5.65. The molecule has 1 unspecified atom stereocenters. The van der Waals surface area contributed by atoms with E-state index in [-0.39, 0.29) is 18.6 Å². The van der Waals surface area contributed by atoms with Gasteiger partial charge < -0.3 is 29.3 Å². The maximum atomic E-state index is 12.4. The van der Waals surface area contributed by atoms with Crippen molar-refractivity contribution in [3.63, 3.8) is 0 Å². The zero-order chi connectivity index (χ0) is 27.7. The summed E-state index contributed by atoms with van der Waals surface area (Å²) in [6, 6.07) is 10.2. The summed E-state index contributed by atoms with van der Waals surface area (Å²) in [5, 5.41) is 10.7. The predicted molar refractivity (Wildman–Crippen MR) is 157 cm³/mol. The van der Waals surface area contributed by atoms with Crippen molar-refractivity contribution in [1.82, 2.24) is 14.9 Å². The van der Waals surface area contributed by atoms with Crippen LogP contribution in [0.25, 0.3) is 22.2 Å². The molecule has 2 aromatic heterocycles. The summed E-state index contributed by atoms with van der Waals surface area (Å²) in [6.07, 6.45) is 2.56. The van der Waals surface area contributed by atoms with Crippen molar-refractivity contribution in [3.05, 3.63) is 41.0 Å². The summed E-state index contributed by atoms with van der Waals surface area (Å²) in [4.78, 5) is 28.4. The summed E-state index contributed by atoms with van der Waals surface area (Å²) in [5.74, 6) is 1.88. The van der Waals surface area contributed by atoms with Gasteiger partial charge in [0.25, 0.3) is 0 Å². The molecule has 208 valence electrons. The number of methoxy groups -OCH3 is 1. The molecule has 0 bridgehead atoms. The SMILES string of the molecule is COc1cc2nc(-c3ccc(N4CCN(C(=O)OC(C)(C)C)CC4)nc3)cc(N3CCC(CO)C3)c2cc1Br. The minimum Gasteiger partial charge on any atom is -0.495 e. The normalized spacial score (nSPS) is 18.1. The standard InChI is InChI=1S/C29H36BrN5O4/c1-29(2,3)39-28(37)34-11-9-33(10-12-34)27-6-5-20(16-31-27)23-14-25(35-8-7-19(17-35)18-36)21-13-22(30)26(38-4)15-24(21)32-23/h5-6,13-16,19,36H,7-12,17-18H2,1-4H3. The number of halogens is 1. The van der Waals surface area contributed by atoms with Crippen LogP contribution in [0.4, 0.5) is 16.3 Å². The third-order valence-electron chi connectivity index (χ3n) is 7.24. The molecular weight excluding hydrogens is 562 g/mol. The Balaban J connectivity index is 1.38. The third kappa shape index (κ3) is 6.06.